The van der Waals surface area contributed by atoms with Gasteiger partial charge in [0, 0.05) is 24.0 Å². The van der Waals surface area contributed by atoms with Gasteiger partial charge >= 0.3 is 10.8 Å². The van der Waals surface area contributed by atoms with Gasteiger partial charge in [-0.05, 0) is 13.3 Å². The Morgan fingerprint density at radius 1 is 1.53 bits per heavy atom. The summed E-state index contributed by atoms with van der Waals surface area (Å²) in [5.41, 5.74) is 0.858. The Hall–Kier alpha value is -1.67. The molecule has 7 nitrogen and oxygen atoms in total. The number of carbonyl (C=O) groups is 2. The van der Waals surface area contributed by atoms with Gasteiger partial charge in [-0.15, -0.1) is 0 Å². The van der Waals surface area contributed by atoms with E-state index in [0.717, 1.165) is 17.0 Å². The first-order chi connectivity index (χ1) is 8.91. The lowest BCUT2D eigenvalue weighted by molar-refractivity contribution is -0.146. The standard InChI is InChI=1S/C11H16N2O5S/c1-7-6-19-11(18)13(7)4-2-3-9(15)12-5-8(14)10(16)17/h6,8,14H,2-5H2,1H3,(H,12,15)(H,16,17). The zero-order valence-electron chi connectivity index (χ0n) is 10.5. The summed E-state index contributed by atoms with van der Waals surface area (Å²) in [6, 6.07) is 0. The van der Waals surface area contributed by atoms with Crippen LogP contribution in [0.15, 0.2) is 10.2 Å². The number of amides is 1. The molecule has 0 radical (unpaired) electrons. The first-order valence-electron chi connectivity index (χ1n) is 5.74. The number of carboxylic acid groups (broad SMARTS) is 1. The molecule has 0 aliphatic rings. The predicted octanol–water partition coefficient (Wildman–Crippen LogP) is -0.440. The number of nitrogens with zero attached hydrogens (tertiary/aromatic N) is 1. The molecule has 0 fully saturated rings. The van der Waals surface area contributed by atoms with Crippen molar-refractivity contribution in [1.82, 2.24) is 9.88 Å². The van der Waals surface area contributed by atoms with Crippen LogP contribution >= 0.6 is 11.3 Å². The number of nitrogens with one attached hydrogen (secondary N) is 1. The molecule has 0 saturated carbocycles. The van der Waals surface area contributed by atoms with Crippen molar-refractivity contribution in [1.29, 1.82) is 0 Å². The maximum atomic E-state index is 11.4. The van der Waals surface area contributed by atoms with Crippen LogP contribution in [-0.2, 0) is 16.1 Å². The lowest BCUT2D eigenvalue weighted by Crippen LogP contribution is -2.36. The number of aliphatic hydroxyl groups is 1. The SMILES string of the molecule is Cc1csc(=O)n1CCCC(=O)NCC(O)C(=O)O. The minimum Gasteiger partial charge on any atom is -0.479 e. The summed E-state index contributed by atoms with van der Waals surface area (Å²) in [7, 11) is 0. The van der Waals surface area contributed by atoms with Crippen molar-refractivity contribution in [2.45, 2.75) is 32.4 Å². The molecule has 1 rings (SSSR count). The monoisotopic (exact) mass is 288 g/mol. The third-order valence-corrected chi connectivity index (χ3v) is 3.42. The number of hydrogen-bond acceptors (Lipinski definition) is 5. The topological polar surface area (TPSA) is 109 Å². The predicted molar refractivity (Wildman–Crippen MR) is 69.2 cm³/mol. The summed E-state index contributed by atoms with van der Waals surface area (Å²) in [6.45, 7) is 1.95. The molecular formula is C11H16N2O5S. The molecule has 1 aromatic rings. The molecule has 19 heavy (non-hydrogen) atoms. The molecule has 0 aliphatic heterocycles. The van der Waals surface area contributed by atoms with Gasteiger partial charge in [0.05, 0.1) is 6.54 Å². The highest BCUT2D eigenvalue weighted by atomic mass is 32.1. The normalized spacial score (nSPS) is 12.1. The zero-order chi connectivity index (χ0) is 14.4. The highest BCUT2D eigenvalue weighted by molar-refractivity contribution is 7.07. The fourth-order valence-electron chi connectivity index (χ4n) is 1.46. The average Bonchev–Trinajstić information content (AvgIpc) is 2.67. The number of aromatic nitrogens is 1. The molecule has 1 heterocycles. The van der Waals surface area contributed by atoms with Crippen molar-refractivity contribution in [3.63, 3.8) is 0 Å². The highest BCUT2D eigenvalue weighted by Gasteiger charge is 2.13. The van der Waals surface area contributed by atoms with Crippen molar-refractivity contribution < 1.29 is 19.8 Å². The van der Waals surface area contributed by atoms with Crippen LogP contribution in [-0.4, -0.2) is 39.3 Å². The number of carbonyl (C=O) groups excluding carboxylic acids is 1. The second-order valence-corrected chi connectivity index (χ2v) is 4.88. The molecule has 1 atom stereocenters. The molecular weight excluding hydrogens is 272 g/mol. The largest absolute Gasteiger partial charge is 0.479 e. The van der Waals surface area contributed by atoms with Crippen LogP contribution in [0.25, 0.3) is 0 Å². The fraction of sp³-hybridized carbons (Fsp3) is 0.545. The van der Waals surface area contributed by atoms with Crippen molar-refractivity contribution in [2.24, 2.45) is 0 Å². The minimum absolute atomic E-state index is 0.0563. The minimum atomic E-state index is -1.59. The molecule has 3 N–H and O–H groups in total. The number of aliphatic carboxylic acids is 1. The molecule has 0 saturated heterocycles. The van der Waals surface area contributed by atoms with Crippen LogP contribution in [0.3, 0.4) is 0 Å². The van der Waals surface area contributed by atoms with E-state index in [2.05, 4.69) is 5.32 Å². The van der Waals surface area contributed by atoms with Crippen LogP contribution in [0, 0.1) is 6.92 Å². The van der Waals surface area contributed by atoms with Crippen LogP contribution in [0.1, 0.15) is 18.5 Å². The van der Waals surface area contributed by atoms with Gasteiger partial charge in [-0.1, -0.05) is 11.3 Å². The third kappa shape index (κ3) is 4.84. The second kappa shape index (κ2) is 7.05. The Kier molecular flexibility index (Phi) is 5.71. The number of aryl methyl sites for hydroxylation is 1. The van der Waals surface area contributed by atoms with Crippen LogP contribution in [0.5, 0.6) is 0 Å². The van der Waals surface area contributed by atoms with Gasteiger partial charge in [0.25, 0.3) is 0 Å². The number of aliphatic hydroxyl groups excluding tert-OH is 1. The third-order valence-electron chi connectivity index (χ3n) is 2.54. The van der Waals surface area contributed by atoms with E-state index in [1.165, 1.54) is 0 Å². The quantitative estimate of drug-likeness (QED) is 0.630. The highest BCUT2D eigenvalue weighted by Crippen LogP contribution is 2.02. The summed E-state index contributed by atoms with van der Waals surface area (Å²) < 4.78 is 1.59. The number of rotatable bonds is 7. The smallest absolute Gasteiger partial charge is 0.334 e. The summed E-state index contributed by atoms with van der Waals surface area (Å²) in [6.07, 6.45) is -0.939. The van der Waals surface area contributed by atoms with E-state index in [0.29, 0.717) is 13.0 Å². The van der Waals surface area contributed by atoms with Crippen molar-refractivity contribution >= 4 is 23.2 Å². The van der Waals surface area contributed by atoms with Crippen molar-refractivity contribution in [2.75, 3.05) is 6.54 Å². The summed E-state index contributed by atoms with van der Waals surface area (Å²) in [5, 5.41) is 21.5. The first-order valence-corrected chi connectivity index (χ1v) is 6.62. The van der Waals surface area contributed by atoms with Gasteiger partial charge in [0.1, 0.15) is 0 Å². The Morgan fingerprint density at radius 3 is 2.74 bits per heavy atom. The molecule has 0 aliphatic carbocycles. The van der Waals surface area contributed by atoms with E-state index in [1.807, 2.05) is 6.92 Å². The first kappa shape index (κ1) is 15.4. The summed E-state index contributed by atoms with van der Waals surface area (Å²) in [4.78, 5) is 33.0. The van der Waals surface area contributed by atoms with E-state index in [-0.39, 0.29) is 23.7 Å². The Labute approximate surface area is 113 Å². The van der Waals surface area contributed by atoms with Gasteiger partial charge in [0.15, 0.2) is 6.10 Å². The van der Waals surface area contributed by atoms with Crippen molar-refractivity contribution in [3.8, 4) is 0 Å². The molecule has 1 unspecified atom stereocenters. The molecule has 0 aromatic carbocycles. The molecule has 0 bridgehead atoms. The lowest BCUT2D eigenvalue weighted by Gasteiger charge is -2.08. The van der Waals surface area contributed by atoms with Gasteiger partial charge in [-0.2, -0.15) is 0 Å². The molecule has 1 amide bonds. The van der Waals surface area contributed by atoms with Gasteiger partial charge < -0.3 is 20.1 Å². The fourth-order valence-corrected chi connectivity index (χ4v) is 2.22. The number of hydrogen-bond donors (Lipinski definition) is 3. The molecule has 106 valence electrons. The van der Waals surface area contributed by atoms with Crippen LogP contribution in [0.4, 0.5) is 0 Å². The maximum absolute atomic E-state index is 11.4. The molecule has 0 spiro atoms. The average molecular weight is 288 g/mol. The summed E-state index contributed by atoms with van der Waals surface area (Å²) >= 11 is 1.12. The summed E-state index contributed by atoms with van der Waals surface area (Å²) in [5.74, 6) is -1.72. The van der Waals surface area contributed by atoms with E-state index in [4.69, 9.17) is 10.2 Å². The second-order valence-electron chi connectivity index (χ2n) is 4.06. The van der Waals surface area contributed by atoms with Gasteiger partial charge in [-0.25, -0.2) is 4.79 Å². The van der Waals surface area contributed by atoms with Crippen LogP contribution in [0.2, 0.25) is 0 Å². The van der Waals surface area contributed by atoms with Crippen molar-refractivity contribution in [3.05, 3.63) is 20.7 Å². The van der Waals surface area contributed by atoms with E-state index in [1.54, 1.807) is 9.95 Å². The van der Waals surface area contributed by atoms with E-state index >= 15 is 0 Å². The molecule has 8 heteroatoms. The lowest BCUT2D eigenvalue weighted by atomic mass is 10.2. The Morgan fingerprint density at radius 2 is 2.21 bits per heavy atom. The van der Waals surface area contributed by atoms with Crippen LogP contribution < -0.4 is 10.2 Å². The van der Waals surface area contributed by atoms with Gasteiger partial charge in [0.2, 0.25) is 5.91 Å². The Balaban J connectivity index is 2.28. The Bertz CT molecular complexity index is 507. The molecule has 1 aromatic heterocycles. The number of thiazole rings is 1. The van der Waals surface area contributed by atoms with E-state index < -0.39 is 12.1 Å². The number of carboxylic acids is 1. The maximum Gasteiger partial charge on any atom is 0.334 e. The van der Waals surface area contributed by atoms with Gasteiger partial charge in [-0.3, -0.25) is 9.59 Å². The zero-order valence-corrected chi connectivity index (χ0v) is 11.3. The van der Waals surface area contributed by atoms with E-state index in [9.17, 15) is 14.4 Å².